The zero-order valence-electron chi connectivity index (χ0n) is 11.3. The molecular formula is C17H14N2O2. The fourth-order valence-electron chi connectivity index (χ4n) is 2.36. The maximum absolute atomic E-state index is 12.4. The largest absolute Gasteiger partial charge is 0.398 e. The van der Waals surface area contributed by atoms with Gasteiger partial charge in [-0.2, -0.15) is 0 Å². The number of benzene rings is 2. The average Bonchev–Trinajstić information content (AvgIpc) is 2.77. The highest BCUT2D eigenvalue weighted by Gasteiger charge is 2.34. The van der Waals surface area contributed by atoms with Crippen LogP contribution in [-0.2, 0) is 9.59 Å². The first-order chi connectivity index (χ1) is 10.2. The Hall–Kier alpha value is -2.88. The molecule has 0 bridgehead atoms. The van der Waals surface area contributed by atoms with Gasteiger partial charge in [0.05, 0.1) is 12.1 Å². The lowest BCUT2D eigenvalue weighted by Crippen LogP contribution is -2.28. The molecule has 1 heterocycles. The van der Waals surface area contributed by atoms with Crippen molar-refractivity contribution < 1.29 is 9.59 Å². The maximum Gasteiger partial charge on any atom is 0.261 e. The summed E-state index contributed by atoms with van der Waals surface area (Å²) >= 11 is 0. The van der Waals surface area contributed by atoms with Crippen molar-refractivity contribution in [2.75, 3.05) is 10.6 Å². The molecule has 4 heteroatoms. The Bertz CT molecular complexity index is 735. The Balaban J connectivity index is 1.96. The molecule has 1 fully saturated rings. The lowest BCUT2D eigenvalue weighted by molar-refractivity contribution is -0.120. The van der Waals surface area contributed by atoms with Crippen LogP contribution in [0.15, 0.2) is 60.2 Å². The standard InChI is InChI=1S/C17H14N2O2/c18-15-9-5-4-6-12(15)10-13-11-16(20)19(17(13)21)14-7-2-1-3-8-14/h1-10H,11,18H2/b13-10-. The van der Waals surface area contributed by atoms with E-state index in [-0.39, 0.29) is 18.2 Å². The third kappa shape index (κ3) is 2.43. The first-order valence-corrected chi connectivity index (χ1v) is 6.64. The van der Waals surface area contributed by atoms with Gasteiger partial charge in [0.2, 0.25) is 5.91 Å². The lowest BCUT2D eigenvalue weighted by atomic mass is 10.1. The van der Waals surface area contributed by atoms with Crippen molar-refractivity contribution >= 4 is 29.3 Å². The molecular weight excluding hydrogens is 264 g/mol. The summed E-state index contributed by atoms with van der Waals surface area (Å²) in [6.45, 7) is 0. The minimum atomic E-state index is -0.283. The molecule has 2 amide bonds. The van der Waals surface area contributed by atoms with Crippen molar-refractivity contribution in [3.8, 4) is 0 Å². The molecule has 1 saturated heterocycles. The summed E-state index contributed by atoms with van der Waals surface area (Å²) in [4.78, 5) is 25.7. The van der Waals surface area contributed by atoms with Crippen LogP contribution in [0.5, 0.6) is 0 Å². The van der Waals surface area contributed by atoms with E-state index in [1.165, 1.54) is 4.90 Å². The predicted octanol–water partition coefficient (Wildman–Crippen LogP) is 2.62. The highest BCUT2D eigenvalue weighted by molar-refractivity contribution is 6.29. The van der Waals surface area contributed by atoms with Gasteiger partial charge in [0.25, 0.3) is 5.91 Å². The van der Waals surface area contributed by atoms with Crippen LogP contribution in [0.25, 0.3) is 6.08 Å². The summed E-state index contributed by atoms with van der Waals surface area (Å²) in [5.74, 6) is -0.499. The number of imide groups is 1. The molecule has 1 aliphatic rings. The van der Waals surface area contributed by atoms with Crippen LogP contribution in [-0.4, -0.2) is 11.8 Å². The van der Waals surface area contributed by atoms with Crippen LogP contribution in [0.1, 0.15) is 12.0 Å². The van der Waals surface area contributed by atoms with E-state index in [1.807, 2.05) is 24.3 Å². The topological polar surface area (TPSA) is 63.4 Å². The van der Waals surface area contributed by atoms with Gasteiger partial charge in [-0.25, -0.2) is 4.90 Å². The number of nitrogens with zero attached hydrogens (tertiary/aromatic N) is 1. The molecule has 0 aromatic heterocycles. The minimum Gasteiger partial charge on any atom is -0.398 e. The first kappa shape index (κ1) is 13.1. The van der Waals surface area contributed by atoms with Crippen molar-refractivity contribution in [1.82, 2.24) is 0 Å². The predicted molar refractivity (Wildman–Crippen MR) is 82.4 cm³/mol. The quantitative estimate of drug-likeness (QED) is 0.522. The van der Waals surface area contributed by atoms with Crippen LogP contribution in [0.4, 0.5) is 11.4 Å². The second-order valence-electron chi connectivity index (χ2n) is 4.85. The molecule has 1 aliphatic heterocycles. The molecule has 4 nitrogen and oxygen atoms in total. The van der Waals surface area contributed by atoms with E-state index in [0.717, 1.165) is 5.56 Å². The van der Waals surface area contributed by atoms with Crippen molar-refractivity contribution in [1.29, 1.82) is 0 Å². The number of nitrogen functional groups attached to an aromatic ring is 1. The Morgan fingerprint density at radius 2 is 1.62 bits per heavy atom. The summed E-state index contributed by atoms with van der Waals surface area (Å²) in [7, 11) is 0. The van der Waals surface area contributed by atoms with Gasteiger partial charge in [-0.3, -0.25) is 9.59 Å². The highest BCUT2D eigenvalue weighted by Crippen LogP contribution is 2.28. The van der Waals surface area contributed by atoms with Gasteiger partial charge in [0.15, 0.2) is 0 Å². The van der Waals surface area contributed by atoms with Crippen LogP contribution in [0.3, 0.4) is 0 Å². The summed E-state index contributed by atoms with van der Waals surface area (Å²) in [6.07, 6.45) is 1.79. The number of anilines is 2. The molecule has 2 N–H and O–H groups in total. The maximum atomic E-state index is 12.4. The van der Waals surface area contributed by atoms with E-state index in [4.69, 9.17) is 5.73 Å². The van der Waals surface area contributed by atoms with Crippen LogP contribution < -0.4 is 10.6 Å². The van der Waals surface area contributed by atoms with Crippen molar-refractivity contribution in [2.24, 2.45) is 0 Å². The Labute approximate surface area is 122 Å². The molecule has 2 aromatic carbocycles. The van der Waals surface area contributed by atoms with Gasteiger partial charge in [0.1, 0.15) is 0 Å². The zero-order chi connectivity index (χ0) is 14.8. The number of hydrogen-bond acceptors (Lipinski definition) is 3. The van der Waals surface area contributed by atoms with Crippen LogP contribution in [0.2, 0.25) is 0 Å². The van der Waals surface area contributed by atoms with Crippen LogP contribution >= 0.6 is 0 Å². The normalized spacial score (nSPS) is 16.8. The summed E-state index contributed by atoms with van der Waals surface area (Å²) in [5, 5.41) is 0. The van der Waals surface area contributed by atoms with Crippen LogP contribution in [0, 0.1) is 0 Å². The number of para-hydroxylation sites is 2. The molecule has 0 atom stereocenters. The van der Waals surface area contributed by atoms with E-state index >= 15 is 0 Å². The van der Waals surface area contributed by atoms with Gasteiger partial charge in [-0.15, -0.1) is 0 Å². The Morgan fingerprint density at radius 3 is 2.33 bits per heavy atom. The first-order valence-electron chi connectivity index (χ1n) is 6.64. The summed E-state index contributed by atoms with van der Waals surface area (Å²) in [6, 6.07) is 16.2. The number of amides is 2. The van der Waals surface area contributed by atoms with Gasteiger partial charge >= 0.3 is 0 Å². The molecule has 0 aliphatic carbocycles. The minimum absolute atomic E-state index is 0.0993. The molecule has 104 valence electrons. The van der Waals surface area contributed by atoms with Gasteiger partial charge in [0, 0.05) is 11.3 Å². The van der Waals surface area contributed by atoms with E-state index in [2.05, 4.69) is 0 Å². The molecule has 0 radical (unpaired) electrons. The van der Waals surface area contributed by atoms with Gasteiger partial charge in [-0.1, -0.05) is 36.4 Å². The number of nitrogens with two attached hydrogens (primary N) is 1. The van der Waals surface area contributed by atoms with Gasteiger partial charge in [-0.05, 0) is 29.8 Å². The lowest BCUT2D eigenvalue weighted by Gasteiger charge is -2.12. The fourth-order valence-corrected chi connectivity index (χ4v) is 2.36. The molecule has 3 rings (SSSR count). The fraction of sp³-hybridized carbons (Fsp3) is 0.0588. The average molecular weight is 278 g/mol. The molecule has 2 aromatic rings. The Kier molecular flexibility index (Phi) is 3.28. The molecule has 0 spiro atoms. The van der Waals surface area contributed by atoms with E-state index in [9.17, 15) is 9.59 Å². The number of hydrogen-bond donors (Lipinski definition) is 1. The van der Waals surface area contributed by atoms with E-state index < -0.39 is 0 Å². The van der Waals surface area contributed by atoms with Crippen molar-refractivity contribution in [3.05, 3.63) is 65.7 Å². The van der Waals surface area contributed by atoms with Crippen molar-refractivity contribution in [3.63, 3.8) is 0 Å². The number of carbonyl (C=O) groups is 2. The third-order valence-corrected chi connectivity index (χ3v) is 3.41. The van der Waals surface area contributed by atoms with E-state index in [0.29, 0.717) is 16.9 Å². The molecule has 0 unspecified atom stereocenters. The zero-order valence-corrected chi connectivity index (χ0v) is 11.3. The van der Waals surface area contributed by atoms with Gasteiger partial charge < -0.3 is 5.73 Å². The number of carbonyl (C=O) groups excluding carboxylic acids is 2. The number of rotatable bonds is 2. The highest BCUT2D eigenvalue weighted by atomic mass is 16.2. The third-order valence-electron chi connectivity index (χ3n) is 3.41. The Morgan fingerprint density at radius 1 is 0.952 bits per heavy atom. The SMILES string of the molecule is Nc1ccccc1/C=C1/CC(=O)N(c2ccccc2)C1=O. The second kappa shape index (κ2) is 5.25. The molecule has 0 saturated carbocycles. The smallest absolute Gasteiger partial charge is 0.261 e. The van der Waals surface area contributed by atoms with Crippen molar-refractivity contribution in [2.45, 2.75) is 6.42 Å². The van der Waals surface area contributed by atoms with E-state index in [1.54, 1.807) is 36.4 Å². The monoisotopic (exact) mass is 278 g/mol. The summed E-state index contributed by atoms with van der Waals surface area (Å²) in [5.41, 5.74) is 8.26. The summed E-state index contributed by atoms with van der Waals surface area (Å²) < 4.78 is 0. The molecule has 21 heavy (non-hydrogen) atoms. The second-order valence-corrected chi connectivity index (χ2v) is 4.85.